The first kappa shape index (κ1) is 38.2. The molecule has 0 fully saturated rings. The smallest absolute Gasteiger partial charge is 0.333 e. The second kappa shape index (κ2) is 14.2. The molecule has 0 unspecified atom stereocenters. The number of fused-ring (bicyclic) bond motifs is 11. The van der Waals surface area contributed by atoms with Crippen molar-refractivity contribution in [3.8, 4) is 55.6 Å². The van der Waals surface area contributed by atoms with Crippen molar-refractivity contribution in [3.05, 3.63) is 264 Å². The average molecular weight is 853 g/mol. The highest BCUT2D eigenvalue weighted by Crippen LogP contribution is 2.60. The van der Waals surface area contributed by atoms with E-state index in [-0.39, 0.29) is 12.3 Å². The van der Waals surface area contributed by atoms with Crippen molar-refractivity contribution in [3.63, 3.8) is 0 Å². The van der Waals surface area contributed by atoms with Crippen LogP contribution < -0.4 is 21.1 Å². The van der Waals surface area contributed by atoms with E-state index in [9.17, 15) is 0 Å². The van der Waals surface area contributed by atoms with Crippen LogP contribution in [0.25, 0.3) is 55.6 Å². The van der Waals surface area contributed by atoms with Crippen LogP contribution in [0, 0.1) is 0 Å². The molecule has 10 aromatic rings. The SMILES string of the molecule is CC1(C)c2ccccc2-c2cc3c4c(c21)-c1ccc(-c2ccccc2)cc1N(c1ccc(-c2ccccc2)cc1)B4c1cccc(C2(c4ccccc4)c4ccccc4-c4ccccc42)c1N3. The van der Waals surface area contributed by atoms with Gasteiger partial charge in [-0.2, -0.15) is 0 Å². The molecule has 1 N–H and O–H groups in total. The van der Waals surface area contributed by atoms with Crippen molar-refractivity contribution < 1.29 is 0 Å². The average Bonchev–Trinajstić information content (AvgIpc) is 3.82. The van der Waals surface area contributed by atoms with Crippen LogP contribution in [0.15, 0.2) is 231 Å². The van der Waals surface area contributed by atoms with Crippen molar-refractivity contribution in [2.45, 2.75) is 24.7 Å². The third kappa shape index (κ3) is 5.23. The van der Waals surface area contributed by atoms with E-state index in [0.717, 1.165) is 11.4 Å². The van der Waals surface area contributed by atoms with E-state index >= 15 is 0 Å². The molecule has 0 bridgehead atoms. The van der Waals surface area contributed by atoms with E-state index in [1.165, 1.54) is 111 Å². The monoisotopic (exact) mass is 852 g/mol. The van der Waals surface area contributed by atoms with Crippen molar-refractivity contribution in [2.75, 3.05) is 10.1 Å². The Hall–Kier alpha value is -8.14. The maximum Gasteiger partial charge on any atom is 0.333 e. The summed E-state index contributed by atoms with van der Waals surface area (Å²) in [4.78, 5) is 2.67. The largest absolute Gasteiger partial charge is 0.376 e. The summed E-state index contributed by atoms with van der Waals surface area (Å²) in [5.74, 6) is 0. The van der Waals surface area contributed by atoms with Gasteiger partial charge in [0.05, 0.1) is 5.41 Å². The second-order valence-electron chi connectivity index (χ2n) is 19.2. The number of rotatable bonds is 5. The third-order valence-electron chi connectivity index (χ3n) is 15.5. The van der Waals surface area contributed by atoms with E-state index in [1.54, 1.807) is 0 Å². The van der Waals surface area contributed by atoms with E-state index < -0.39 is 5.41 Å². The molecule has 14 rings (SSSR count). The molecule has 0 saturated carbocycles. The minimum Gasteiger partial charge on any atom is -0.376 e. The molecule has 0 spiro atoms. The fourth-order valence-corrected chi connectivity index (χ4v) is 12.7. The summed E-state index contributed by atoms with van der Waals surface area (Å²) in [7, 11) is 0. The lowest BCUT2D eigenvalue weighted by Crippen LogP contribution is -2.61. The molecule has 0 amide bonds. The Bertz CT molecular complexity index is 3590. The van der Waals surface area contributed by atoms with Gasteiger partial charge in [0.15, 0.2) is 0 Å². The van der Waals surface area contributed by atoms with Gasteiger partial charge in [-0.15, -0.1) is 0 Å². The molecule has 2 heterocycles. The number of nitrogens with zero attached hydrogens (tertiary/aromatic N) is 1. The minimum absolute atomic E-state index is 0.160. The summed E-state index contributed by atoms with van der Waals surface area (Å²) in [5.41, 5.74) is 27.0. The Balaban J connectivity index is 1.10. The van der Waals surface area contributed by atoms with Gasteiger partial charge in [0, 0.05) is 33.7 Å². The summed E-state index contributed by atoms with van der Waals surface area (Å²) in [6.07, 6.45) is 0. The fourth-order valence-electron chi connectivity index (χ4n) is 12.7. The van der Waals surface area contributed by atoms with Gasteiger partial charge in [0.1, 0.15) is 0 Å². The van der Waals surface area contributed by atoms with E-state index in [0.29, 0.717) is 0 Å². The number of hydrogen-bond acceptors (Lipinski definition) is 2. The lowest BCUT2D eigenvalue weighted by molar-refractivity contribution is 0.662. The van der Waals surface area contributed by atoms with Gasteiger partial charge in [-0.25, -0.2) is 0 Å². The maximum absolute atomic E-state index is 4.31. The van der Waals surface area contributed by atoms with Gasteiger partial charge in [-0.05, 0) is 119 Å². The lowest BCUT2D eigenvalue weighted by Gasteiger charge is -2.46. The van der Waals surface area contributed by atoms with Crippen LogP contribution in [0.5, 0.6) is 0 Å². The molecule has 0 atom stereocenters. The number of para-hydroxylation sites is 1. The molecule has 2 aliphatic carbocycles. The zero-order valence-corrected chi connectivity index (χ0v) is 37.5. The minimum atomic E-state index is -0.590. The predicted octanol–water partition coefficient (Wildman–Crippen LogP) is 14.7. The molecule has 4 aliphatic rings. The summed E-state index contributed by atoms with van der Waals surface area (Å²) in [6, 6.07) is 86.3. The van der Waals surface area contributed by atoms with Crippen LogP contribution >= 0.6 is 0 Å². The van der Waals surface area contributed by atoms with Gasteiger partial charge < -0.3 is 10.1 Å². The highest BCUT2D eigenvalue weighted by atomic mass is 15.1. The zero-order valence-electron chi connectivity index (χ0n) is 37.5. The van der Waals surface area contributed by atoms with Crippen molar-refractivity contribution in [1.82, 2.24) is 0 Å². The molecule has 0 aromatic heterocycles. The van der Waals surface area contributed by atoms with Crippen LogP contribution in [0.4, 0.5) is 22.7 Å². The van der Waals surface area contributed by atoms with Crippen molar-refractivity contribution in [2.24, 2.45) is 0 Å². The van der Waals surface area contributed by atoms with Gasteiger partial charge in [-0.1, -0.05) is 220 Å². The Morgan fingerprint density at radius 2 is 0.940 bits per heavy atom. The molecule has 3 heteroatoms. The van der Waals surface area contributed by atoms with Crippen LogP contribution in [-0.2, 0) is 10.8 Å². The molecule has 10 aromatic carbocycles. The predicted molar refractivity (Wildman–Crippen MR) is 281 cm³/mol. The normalized spacial score (nSPS) is 14.7. The Morgan fingerprint density at radius 1 is 0.418 bits per heavy atom. The van der Waals surface area contributed by atoms with Gasteiger partial charge in [0.2, 0.25) is 0 Å². The van der Waals surface area contributed by atoms with E-state index in [2.05, 4.69) is 254 Å². The molecule has 2 aliphatic heterocycles. The first-order chi connectivity index (χ1) is 33.0. The van der Waals surface area contributed by atoms with Gasteiger partial charge >= 0.3 is 6.85 Å². The molecule has 0 saturated heterocycles. The third-order valence-corrected chi connectivity index (χ3v) is 15.5. The number of nitrogens with one attached hydrogen (secondary N) is 1. The molecule has 2 nitrogen and oxygen atoms in total. The molecule has 0 radical (unpaired) electrons. The highest BCUT2D eigenvalue weighted by molar-refractivity contribution is 6.93. The molecule has 67 heavy (non-hydrogen) atoms. The van der Waals surface area contributed by atoms with Crippen LogP contribution in [-0.4, -0.2) is 6.85 Å². The Morgan fingerprint density at radius 3 is 1.60 bits per heavy atom. The van der Waals surface area contributed by atoms with Gasteiger partial charge in [0.25, 0.3) is 0 Å². The fraction of sp³-hybridized carbons (Fsp3) is 0.0625. The van der Waals surface area contributed by atoms with E-state index in [1.807, 2.05) is 0 Å². The summed E-state index contributed by atoms with van der Waals surface area (Å²) in [5, 5.41) is 4.31. The number of hydrogen-bond donors (Lipinski definition) is 1. The zero-order chi connectivity index (χ0) is 44.4. The van der Waals surface area contributed by atoms with Crippen molar-refractivity contribution in [1.29, 1.82) is 0 Å². The second-order valence-corrected chi connectivity index (χ2v) is 19.2. The maximum atomic E-state index is 4.31. The van der Waals surface area contributed by atoms with Crippen LogP contribution in [0.1, 0.15) is 47.2 Å². The van der Waals surface area contributed by atoms with Crippen molar-refractivity contribution >= 4 is 40.5 Å². The number of benzene rings is 10. The topological polar surface area (TPSA) is 15.3 Å². The first-order valence-corrected chi connectivity index (χ1v) is 23.6. The van der Waals surface area contributed by atoms with Crippen LogP contribution in [0.3, 0.4) is 0 Å². The van der Waals surface area contributed by atoms with Crippen LogP contribution in [0.2, 0.25) is 0 Å². The lowest BCUT2D eigenvalue weighted by atomic mass is 9.42. The standard InChI is InChI=1S/C64H45BN2/c1-63(2)52-28-15-12-27-49(52)51-40-57-61-59(60(51)63)50-38-35-44(42-21-8-4-9-22-42)39-58(50)67(46-36-33-43(34-37-46)41-19-6-3-7-20-41)65(61)56-32-18-31-55(62(56)66-57)64(45-23-10-5-11-24-45)53-29-16-13-25-47(53)48-26-14-17-30-54(48)64/h3-40,66H,1-2H3. The first-order valence-electron chi connectivity index (χ1n) is 23.6. The van der Waals surface area contributed by atoms with Gasteiger partial charge in [-0.3, -0.25) is 0 Å². The molecule has 314 valence electrons. The summed E-state index contributed by atoms with van der Waals surface area (Å²) in [6.45, 7) is 4.71. The highest BCUT2D eigenvalue weighted by Gasteiger charge is 2.52. The van der Waals surface area contributed by atoms with E-state index in [4.69, 9.17) is 0 Å². The summed E-state index contributed by atoms with van der Waals surface area (Å²) >= 11 is 0. The molecular formula is C64H45BN2. The molecular weight excluding hydrogens is 808 g/mol. The number of anilines is 4. The quantitative estimate of drug-likeness (QED) is 0.174. The Labute approximate surface area is 393 Å². The Kier molecular flexibility index (Phi) is 8.08. The summed E-state index contributed by atoms with van der Waals surface area (Å²) < 4.78 is 0.